The van der Waals surface area contributed by atoms with Gasteiger partial charge in [-0.3, -0.25) is 9.59 Å². The zero-order valence-electron chi connectivity index (χ0n) is 12.5. The lowest BCUT2D eigenvalue weighted by Crippen LogP contribution is -2.47. The van der Waals surface area contributed by atoms with Gasteiger partial charge in [0.2, 0.25) is 10.0 Å². The van der Waals surface area contributed by atoms with E-state index in [1.165, 1.54) is 6.92 Å². The van der Waals surface area contributed by atoms with Crippen molar-refractivity contribution < 1.29 is 22.7 Å². The van der Waals surface area contributed by atoms with Gasteiger partial charge >= 0.3 is 0 Å². The molecule has 21 heavy (non-hydrogen) atoms. The molecule has 2 saturated carbocycles. The largest absolute Gasteiger partial charge is 0.455 e. The summed E-state index contributed by atoms with van der Waals surface area (Å²) in [7, 11) is -3.64. The Hall–Kier alpha value is -1.11. The summed E-state index contributed by atoms with van der Waals surface area (Å²) in [6.07, 6.45) is 1.55. The lowest BCUT2D eigenvalue weighted by atomic mass is 9.69. The highest BCUT2D eigenvalue weighted by molar-refractivity contribution is 7.90. The van der Waals surface area contributed by atoms with E-state index in [4.69, 9.17) is 0 Å². The summed E-state index contributed by atoms with van der Waals surface area (Å²) in [5.41, 5.74) is -0.415. The number of sulfonamides is 1. The number of ether oxygens (including phenoxy) is 1. The van der Waals surface area contributed by atoms with Crippen LogP contribution in [0.3, 0.4) is 0 Å². The normalized spacial score (nSPS) is 39.9. The number of hydrogen-bond donors (Lipinski definition) is 0. The fourth-order valence-corrected chi connectivity index (χ4v) is 7.50. The van der Waals surface area contributed by atoms with Gasteiger partial charge in [0, 0.05) is 5.41 Å². The molecule has 0 N–H and O–H groups in total. The van der Waals surface area contributed by atoms with Gasteiger partial charge in [-0.1, -0.05) is 13.8 Å². The van der Waals surface area contributed by atoms with Gasteiger partial charge in [0.15, 0.2) is 6.10 Å². The van der Waals surface area contributed by atoms with Crippen molar-refractivity contribution in [2.24, 2.45) is 16.7 Å². The maximum Gasteiger partial charge on any atom is 0.293 e. The summed E-state index contributed by atoms with van der Waals surface area (Å²) >= 11 is 0. The van der Waals surface area contributed by atoms with Crippen LogP contribution in [0.15, 0.2) is 0 Å². The van der Waals surface area contributed by atoms with Crippen molar-refractivity contribution in [3.63, 3.8) is 0 Å². The molecule has 1 amide bonds. The van der Waals surface area contributed by atoms with E-state index >= 15 is 0 Å². The van der Waals surface area contributed by atoms with Crippen LogP contribution in [0.5, 0.6) is 0 Å². The minimum absolute atomic E-state index is 0.0354. The van der Waals surface area contributed by atoms with Crippen LogP contribution in [0.2, 0.25) is 0 Å². The van der Waals surface area contributed by atoms with E-state index < -0.39 is 22.0 Å². The van der Waals surface area contributed by atoms with Crippen LogP contribution in [0.25, 0.3) is 0 Å². The van der Waals surface area contributed by atoms with E-state index in [1.54, 1.807) is 0 Å². The fraction of sp³-hybridized carbons (Fsp3) is 0.857. The highest BCUT2D eigenvalue weighted by atomic mass is 32.2. The highest BCUT2D eigenvalue weighted by Gasteiger charge is 2.72. The number of hydrogen-bond acceptors (Lipinski definition) is 5. The van der Waals surface area contributed by atoms with Crippen LogP contribution in [-0.2, 0) is 24.3 Å². The number of amides is 1. The Morgan fingerprint density at radius 2 is 2.10 bits per heavy atom. The van der Waals surface area contributed by atoms with Crippen LogP contribution >= 0.6 is 0 Å². The van der Waals surface area contributed by atoms with Crippen molar-refractivity contribution in [3.05, 3.63) is 0 Å². The smallest absolute Gasteiger partial charge is 0.293 e. The number of fused-ring (bicyclic) bond motifs is 1. The number of nitrogens with zero attached hydrogens (tertiary/aromatic N) is 1. The molecule has 7 heteroatoms. The first-order chi connectivity index (χ1) is 9.67. The first-order valence-electron chi connectivity index (χ1n) is 7.32. The second kappa shape index (κ2) is 4.21. The summed E-state index contributed by atoms with van der Waals surface area (Å²) in [5.74, 6) is -0.129. The Morgan fingerprint density at radius 1 is 1.43 bits per heavy atom. The minimum atomic E-state index is -3.64. The minimum Gasteiger partial charge on any atom is -0.455 e. The van der Waals surface area contributed by atoms with Crippen LogP contribution in [-0.4, -0.2) is 43.0 Å². The molecule has 0 aromatic heterocycles. The van der Waals surface area contributed by atoms with Crippen molar-refractivity contribution >= 4 is 22.4 Å². The SMILES string of the molecule is C[C@@H](OC=O)C(=O)N1[C@@H]2C[C@H]3CC[C@]2(CS1(=O)=O)C3(C)C. The monoisotopic (exact) mass is 315 g/mol. The van der Waals surface area contributed by atoms with Gasteiger partial charge in [-0.05, 0) is 37.5 Å². The predicted molar refractivity (Wildman–Crippen MR) is 74.6 cm³/mol. The number of rotatable bonds is 3. The third-order valence-electron chi connectivity index (χ3n) is 6.24. The van der Waals surface area contributed by atoms with Gasteiger partial charge in [0.25, 0.3) is 12.4 Å². The zero-order valence-corrected chi connectivity index (χ0v) is 13.4. The van der Waals surface area contributed by atoms with Crippen LogP contribution in [0.4, 0.5) is 0 Å². The van der Waals surface area contributed by atoms with Gasteiger partial charge in [-0.15, -0.1) is 0 Å². The third-order valence-corrected chi connectivity index (χ3v) is 8.15. The van der Waals surface area contributed by atoms with E-state index in [1.807, 2.05) is 0 Å². The zero-order chi connectivity index (χ0) is 15.6. The summed E-state index contributed by atoms with van der Waals surface area (Å²) in [6.45, 7) is 5.85. The van der Waals surface area contributed by atoms with Gasteiger partial charge in [-0.2, -0.15) is 0 Å². The lowest BCUT2D eigenvalue weighted by Gasteiger charge is -2.37. The number of carbonyl (C=O) groups is 2. The van der Waals surface area contributed by atoms with Crippen LogP contribution in [0, 0.1) is 16.7 Å². The van der Waals surface area contributed by atoms with Gasteiger partial charge < -0.3 is 4.74 Å². The molecule has 0 aromatic carbocycles. The molecule has 1 spiro atoms. The molecular formula is C14H21NO5S. The molecule has 1 saturated heterocycles. The van der Waals surface area contributed by atoms with Crippen molar-refractivity contribution in [2.75, 3.05) is 5.75 Å². The molecule has 3 aliphatic rings. The van der Waals surface area contributed by atoms with Crippen molar-refractivity contribution in [1.29, 1.82) is 0 Å². The number of carbonyl (C=O) groups excluding carboxylic acids is 2. The Kier molecular flexibility index (Phi) is 2.97. The molecule has 2 bridgehead atoms. The van der Waals surface area contributed by atoms with Crippen LogP contribution < -0.4 is 0 Å². The average molecular weight is 315 g/mol. The molecule has 1 aliphatic heterocycles. The molecule has 118 valence electrons. The van der Waals surface area contributed by atoms with Gasteiger partial charge in [0.1, 0.15) is 0 Å². The average Bonchev–Trinajstić information content (AvgIpc) is 2.85. The molecule has 0 unspecified atom stereocenters. The van der Waals surface area contributed by atoms with E-state index in [-0.39, 0.29) is 29.1 Å². The Labute approximate surface area is 124 Å². The summed E-state index contributed by atoms with van der Waals surface area (Å²) in [5, 5.41) is 0. The maximum atomic E-state index is 12.6. The van der Waals surface area contributed by atoms with E-state index in [2.05, 4.69) is 18.6 Å². The first-order valence-corrected chi connectivity index (χ1v) is 8.93. The highest BCUT2D eigenvalue weighted by Crippen LogP contribution is 2.69. The fourth-order valence-electron chi connectivity index (χ4n) is 4.90. The Bertz CT molecular complexity index is 598. The molecule has 4 atom stereocenters. The molecule has 3 fully saturated rings. The van der Waals surface area contributed by atoms with Crippen LogP contribution in [0.1, 0.15) is 40.0 Å². The van der Waals surface area contributed by atoms with E-state index in [0.29, 0.717) is 5.92 Å². The lowest BCUT2D eigenvalue weighted by molar-refractivity contribution is -0.148. The summed E-state index contributed by atoms with van der Waals surface area (Å²) in [6, 6.07) is -0.276. The van der Waals surface area contributed by atoms with Gasteiger partial charge in [-0.25, -0.2) is 12.7 Å². The molecule has 6 nitrogen and oxygen atoms in total. The molecule has 0 radical (unpaired) electrons. The van der Waals surface area contributed by atoms with E-state index in [9.17, 15) is 18.0 Å². The van der Waals surface area contributed by atoms with Gasteiger partial charge in [0.05, 0.1) is 11.8 Å². The van der Waals surface area contributed by atoms with Crippen molar-refractivity contribution in [1.82, 2.24) is 4.31 Å². The quantitative estimate of drug-likeness (QED) is 0.723. The molecular weight excluding hydrogens is 294 g/mol. The standard InChI is InChI=1S/C14H21NO5S/c1-9(20-8-16)12(17)15-11-6-10-4-5-14(11,13(10,2)3)7-21(15,18)19/h8-11H,4-7H2,1-3H3/t9-,10-,11-,14-/m1/s1. The summed E-state index contributed by atoms with van der Waals surface area (Å²) in [4.78, 5) is 22.9. The van der Waals surface area contributed by atoms with Crippen molar-refractivity contribution in [2.45, 2.75) is 52.2 Å². The molecule has 3 rings (SSSR count). The second-order valence-corrected chi connectivity index (χ2v) is 8.98. The Balaban J connectivity index is 2.00. The summed E-state index contributed by atoms with van der Waals surface area (Å²) < 4.78 is 30.8. The first kappa shape index (κ1) is 14.8. The topological polar surface area (TPSA) is 80.8 Å². The molecule has 2 aliphatic carbocycles. The predicted octanol–water partition coefficient (Wildman–Crippen LogP) is 0.915. The second-order valence-electron chi connectivity index (χ2n) is 7.13. The third kappa shape index (κ3) is 1.67. The molecule has 0 aromatic rings. The molecule has 1 heterocycles. The van der Waals surface area contributed by atoms with Crippen molar-refractivity contribution in [3.8, 4) is 0 Å². The maximum absolute atomic E-state index is 12.6. The van der Waals surface area contributed by atoms with E-state index in [0.717, 1.165) is 23.6 Å². The Morgan fingerprint density at radius 3 is 2.67 bits per heavy atom.